The van der Waals surface area contributed by atoms with Gasteiger partial charge in [-0.15, -0.1) is 0 Å². The maximum Gasteiger partial charge on any atom is 0.214 e. The van der Waals surface area contributed by atoms with Crippen LogP contribution in [0.15, 0.2) is 78.9 Å². The molecule has 0 aliphatic heterocycles. The monoisotopic (exact) mass is 536 g/mol. The maximum absolute atomic E-state index is 14.3. The van der Waals surface area contributed by atoms with Crippen LogP contribution in [0, 0.1) is 17.1 Å². The van der Waals surface area contributed by atoms with Crippen molar-refractivity contribution in [1.29, 1.82) is 5.26 Å². The second-order valence-corrected chi connectivity index (χ2v) is 9.32. The number of aromatic nitrogens is 3. The molecule has 5 aromatic rings. The molecule has 0 atom stereocenters. The fraction of sp³-hybridized carbons (Fsp3) is 0.219. The molecule has 0 saturated heterocycles. The van der Waals surface area contributed by atoms with Crippen LogP contribution in [0.5, 0.6) is 5.88 Å². The number of halogens is 1. The van der Waals surface area contributed by atoms with Crippen molar-refractivity contribution in [2.24, 2.45) is 0 Å². The lowest BCUT2D eigenvalue weighted by Crippen LogP contribution is -2.10. The minimum absolute atomic E-state index is 0.00588. The van der Waals surface area contributed by atoms with E-state index in [2.05, 4.69) is 27.8 Å². The van der Waals surface area contributed by atoms with Crippen molar-refractivity contribution >= 4 is 11.0 Å². The van der Waals surface area contributed by atoms with Crippen molar-refractivity contribution in [3.05, 3.63) is 113 Å². The first-order valence-electron chi connectivity index (χ1n) is 12.9. The van der Waals surface area contributed by atoms with E-state index in [1.54, 1.807) is 32.4 Å². The minimum Gasteiger partial charge on any atom is -0.473 e. The van der Waals surface area contributed by atoms with Crippen molar-refractivity contribution in [3.8, 4) is 23.2 Å². The zero-order valence-corrected chi connectivity index (χ0v) is 22.4. The first-order valence-corrected chi connectivity index (χ1v) is 12.9. The molecule has 0 amide bonds. The number of fused-ring (bicyclic) bond motifs is 1. The van der Waals surface area contributed by atoms with E-state index in [1.807, 2.05) is 42.5 Å². The summed E-state index contributed by atoms with van der Waals surface area (Å²) in [5, 5.41) is 8.94. The summed E-state index contributed by atoms with van der Waals surface area (Å²) in [6.45, 7) is 1.76. The molecule has 0 spiro atoms. The number of ether oxygens (including phenoxy) is 3. The molecule has 7 nitrogen and oxygen atoms in total. The van der Waals surface area contributed by atoms with Gasteiger partial charge < -0.3 is 18.8 Å². The second-order valence-electron chi connectivity index (χ2n) is 9.32. The lowest BCUT2D eigenvalue weighted by molar-refractivity contribution is 0.184. The number of imidazole rings is 1. The highest BCUT2D eigenvalue weighted by atomic mass is 19.1. The highest BCUT2D eigenvalue weighted by Gasteiger charge is 2.15. The van der Waals surface area contributed by atoms with Crippen molar-refractivity contribution in [2.45, 2.75) is 26.2 Å². The first kappa shape index (κ1) is 27.0. The number of pyridine rings is 1. The SMILES string of the molecule is COCCn1c(Cc2ccc(-c3cccc(OCc4ccc(C#N)cc4F)n3)cc2COC)nc2ccccc21. The number of nitriles is 1. The predicted molar refractivity (Wildman–Crippen MR) is 150 cm³/mol. The summed E-state index contributed by atoms with van der Waals surface area (Å²) in [6.07, 6.45) is 0.643. The molecule has 8 heteroatoms. The van der Waals surface area contributed by atoms with Gasteiger partial charge in [-0.2, -0.15) is 5.26 Å². The molecule has 3 aromatic carbocycles. The molecule has 5 rings (SSSR count). The van der Waals surface area contributed by atoms with Crippen LogP contribution in [-0.2, 0) is 35.7 Å². The molecule has 0 saturated carbocycles. The molecule has 0 N–H and O–H groups in total. The highest BCUT2D eigenvalue weighted by Crippen LogP contribution is 2.26. The third-order valence-electron chi connectivity index (χ3n) is 6.68. The molecule has 0 bridgehead atoms. The Bertz CT molecular complexity index is 1680. The molecule has 202 valence electrons. The summed E-state index contributed by atoms with van der Waals surface area (Å²) in [5.41, 5.74) is 6.47. The Morgan fingerprint density at radius 2 is 1.70 bits per heavy atom. The number of rotatable bonds is 11. The standard InChI is InChI=1S/C32H29FN4O3/c1-38-15-14-37-30-8-4-3-6-29(30)35-31(37)18-23-12-13-24(17-26(23)20-39-2)28-7-5-9-32(36-28)40-21-25-11-10-22(19-34)16-27(25)33/h3-13,16-17H,14-15,18,20-21H2,1-2H3. The summed E-state index contributed by atoms with van der Waals surface area (Å²) in [6, 6.07) is 26.1. The number of methoxy groups -OCH3 is 2. The van der Waals surface area contributed by atoms with Crippen molar-refractivity contribution in [3.63, 3.8) is 0 Å². The van der Waals surface area contributed by atoms with Crippen LogP contribution in [0.3, 0.4) is 0 Å². The normalized spacial score (nSPS) is 11.1. The van der Waals surface area contributed by atoms with Crippen LogP contribution in [0.2, 0.25) is 0 Å². The molecule has 40 heavy (non-hydrogen) atoms. The van der Waals surface area contributed by atoms with Crippen molar-refractivity contribution in [2.75, 3.05) is 20.8 Å². The molecule has 0 aliphatic carbocycles. The summed E-state index contributed by atoms with van der Waals surface area (Å²) >= 11 is 0. The Morgan fingerprint density at radius 3 is 2.50 bits per heavy atom. The van der Waals surface area contributed by atoms with Crippen LogP contribution < -0.4 is 4.74 Å². The van der Waals surface area contributed by atoms with Crippen LogP contribution in [0.25, 0.3) is 22.3 Å². The van der Waals surface area contributed by atoms with E-state index < -0.39 is 5.82 Å². The van der Waals surface area contributed by atoms with Gasteiger partial charge in [-0.05, 0) is 47.5 Å². The number of benzene rings is 3. The predicted octanol–water partition coefficient (Wildman–Crippen LogP) is 6.07. The second kappa shape index (κ2) is 12.5. The van der Waals surface area contributed by atoms with Gasteiger partial charge >= 0.3 is 0 Å². The van der Waals surface area contributed by atoms with Gasteiger partial charge in [-0.3, -0.25) is 0 Å². The topological polar surface area (TPSA) is 82.2 Å². The van der Waals surface area contributed by atoms with E-state index in [0.29, 0.717) is 37.6 Å². The third kappa shape index (κ3) is 6.01. The average Bonchev–Trinajstić information content (AvgIpc) is 3.33. The molecule has 2 aromatic heterocycles. The number of nitrogens with zero attached hydrogens (tertiary/aromatic N) is 4. The van der Waals surface area contributed by atoms with Crippen LogP contribution in [0.4, 0.5) is 4.39 Å². The Labute approximate surface area is 232 Å². The Hall–Kier alpha value is -4.58. The number of hydrogen-bond acceptors (Lipinski definition) is 6. The molecular formula is C32H29FN4O3. The quantitative estimate of drug-likeness (QED) is 0.204. The van der Waals surface area contributed by atoms with Gasteiger partial charge in [0.15, 0.2) is 0 Å². The number of hydrogen-bond donors (Lipinski definition) is 0. The van der Waals surface area contributed by atoms with Gasteiger partial charge in [-0.25, -0.2) is 14.4 Å². The fourth-order valence-corrected chi connectivity index (χ4v) is 4.65. The lowest BCUT2D eigenvalue weighted by Gasteiger charge is -2.14. The zero-order valence-electron chi connectivity index (χ0n) is 22.4. The minimum atomic E-state index is -0.481. The van der Waals surface area contributed by atoms with Crippen molar-refractivity contribution in [1.82, 2.24) is 14.5 Å². The van der Waals surface area contributed by atoms with Gasteiger partial charge in [0.2, 0.25) is 5.88 Å². The Morgan fingerprint density at radius 1 is 0.850 bits per heavy atom. The molecular weight excluding hydrogens is 507 g/mol. The lowest BCUT2D eigenvalue weighted by atomic mass is 9.99. The summed E-state index contributed by atoms with van der Waals surface area (Å²) in [5.74, 6) is 0.864. The molecule has 2 heterocycles. The fourth-order valence-electron chi connectivity index (χ4n) is 4.65. The maximum atomic E-state index is 14.3. The Kier molecular flexibility index (Phi) is 8.45. The summed E-state index contributed by atoms with van der Waals surface area (Å²) in [4.78, 5) is 9.56. The van der Waals surface area contributed by atoms with E-state index in [4.69, 9.17) is 24.5 Å². The Balaban J connectivity index is 1.39. The van der Waals surface area contributed by atoms with E-state index in [0.717, 1.165) is 39.2 Å². The van der Waals surface area contributed by atoms with Gasteiger partial charge in [-0.1, -0.05) is 36.4 Å². The van der Waals surface area contributed by atoms with Gasteiger partial charge in [0.1, 0.15) is 18.2 Å². The van der Waals surface area contributed by atoms with Crippen molar-refractivity contribution < 1.29 is 18.6 Å². The van der Waals surface area contributed by atoms with E-state index in [-0.39, 0.29) is 12.2 Å². The molecule has 0 radical (unpaired) electrons. The van der Waals surface area contributed by atoms with Gasteiger partial charge in [0.05, 0.1) is 41.6 Å². The summed E-state index contributed by atoms with van der Waals surface area (Å²) < 4.78 is 33.1. The summed E-state index contributed by atoms with van der Waals surface area (Å²) in [7, 11) is 3.38. The van der Waals surface area contributed by atoms with Crippen LogP contribution in [-0.4, -0.2) is 35.4 Å². The molecule has 0 aliphatic rings. The van der Waals surface area contributed by atoms with E-state index in [9.17, 15) is 4.39 Å². The zero-order chi connectivity index (χ0) is 27.9. The van der Waals surface area contributed by atoms with Crippen LogP contribution in [0.1, 0.15) is 28.1 Å². The highest BCUT2D eigenvalue weighted by molar-refractivity contribution is 5.76. The van der Waals surface area contributed by atoms with E-state index in [1.165, 1.54) is 6.07 Å². The van der Waals surface area contributed by atoms with E-state index >= 15 is 0 Å². The van der Waals surface area contributed by atoms with Crippen LogP contribution >= 0.6 is 0 Å². The molecule has 0 fully saturated rings. The van der Waals surface area contributed by atoms with Gasteiger partial charge in [0, 0.05) is 44.4 Å². The van der Waals surface area contributed by atoms with Gasteiger partial charge in [0.25, 0.3) is 0 Å². The largest absolute Gasteiger partial charge is 0.473 e. The average molecular weight is 537 g/mol. The smallest absolute Gasteiger partial charge is 0.214 e. The first-order chi connectivity index (χ1) is 19.6. The third-order valence-corrected chi connectivity index (χ3v) is 6.68. The number of para-hydroxylation sites is 2. The molecule has 0 unspecified atom stereocenters.